The number of fused-ring (bicyclic) bond motifs is 3. The van der Waals surface area contributed by atoms with Crippen LogP contribution in [0.5, 0.6) is 5.75 Å². The van der Waals surface area contributed by atoms with Gasteiger partial charge in [-0.1, -0.05) is 36.4 Å². The number of carboxylic acid groups (broad SMARTS) is 1. The van der Waals surface area contributed by atoms with Gasteiger partial charge in [-0.05, 0) is 68.0 Å². The van der Waals surface area contributed by atoms with E-state index in [0.717, 1.165) is 43.6 Å². The number of aromatic carboxylic acids is 1. The summed E-state index contributed by atoms with van der Waals surface area (Å²) < 4.78 is 0. The molecule has 0 radical (unpaired) electrons. The second-order valence-corrected chi connectivity index (χ2v) is 8.19. The fraction of sp³-hybridized carbons (Fsp3) is 0.435. The van der Waals surface area contributed by atoms with Crippen LogP contribution < -0.4 is 0 Å². The van der Waals surface area contributed by atoms with Crippen LogP contribution in [0.3, 0.4) is 0 Å². The molecule has 0 aliphatic carbocycles. The minimum atomic E-state index is -1.14. The van der Waals surface area contributed by atoms with Crippen molar-refractivity contribution in [3.05, 3.63) is 65.2 Å². The Morgan fingerprint density at radius 2 is 1.86 bits per heavy atom. The predicted molar refractivity (Wildman–Crippen MR) is 113 cm³/mol. The molecule has 2 atom stereocenters. The number of benzene rings is 2. The molecule has 3 fully saturated rings. The molecule has 5 nitrogen and oxygen atoms in total. The molecule has 28 heavy (non-hydrogen) atoms. The number of aliphatic hydroxyl groups is 1. The van der Waals surface area contributed by atoms with E-state index < -0.39 is 11.6 Å². The lowest BCUT2D eigenvalue weighted by atomic mass is 9.66. The van der Waals surface area contributed by atoms with Crippen molar-refractivity contribution in [1.82, 2.24) is 4.90 Å². The normalized spacial score (nSPS) is 26.0. The van der Waals surface area contributed by atoms with Gasteiger partial charge in [-0.3, -0.25) is 0 Å². The standard InChI is InChI=1S/C23H27NO4.3H2/c25-21-14-16(6-7-19(21)22(26)27)8-11-23(28,18-4-2-1-3-5-18)20-15-24-12-9-17(20)10-13-24;;;/h1-7,14,17,20,25,28H,8-13,15H2,(H,26,27);3*1H. The van der Waals surface area contributed by atoms with E-state index in [1.165, 1.54) is 12.1 Å². The molecule has 2 aromatic carbocycles. The second-order valence-electron chi connectivity index (χ2n) is 8.19. The number of rotatable bonds is 6. The molecule has 3 aliphatic heterocycles. The quantitative estimate of drug-likeness (QED) is 0.698. The van der Waals surface area contributed by atoms with Crippen LogP contribution in [0.1, 0.15) is 45.0 Å². The Bertz CT molecular complexity index is 859. The van der Waals surface area contributed by atoms with Gasteiger partial charge in [0.2, 0.25) is 0 Å². The highest BCUT2D eigenvalue weighted by atomic mass is 16.4. The van der Waals surface area contributed by atoms with Crippen LogP contribution in [0.15, 0.2) is 48.5 Å². The molecule has 5 rings (SSSR count). The highest BCUT2D eigenvalue weighted by Crippen LogP contribution is 2.45. The van der Waals surface area contributed by atoms with Crippen LogP contribution in [0.4, 0.5) is 0 Å². The van der Waals surface area contributed by atoms with E-state index in [4.69, 9.17) is 5.11 Å². The van der Waals surface area contributed by atoms with Crippen LogP contribution >= 0.6 is 0 Å². The Morgan fingerprint density at radius 3 is 2.43 bits per heavy atom. The van der Waals surface area contributed by atoms with Gasteiger partial charge in [-0.25, -0.2) is 4.79 Å². The Balaban J connectivity index is 0.00000160. The highest BCUT2D eigenvalue weighted by molar-refractivity contribution is 5.90. The fourth-order valence-corrected chi connectivity index (χ4v) is 5.03. The summed E-state index contributed by atoms with van der Waals surface area (Å²) in [5, 5.41) is 31.0. The molecule has 2 bridgehead atoms. The zero-order valence-electron chi connectivity index (χ0n) is 15.9. The molecule has 3 saturated heterocycles. The van der Waals surface area contributed by atoms with Crippen LogP contribution in [0, 0.1) is 11.8 Å². The second kappa shape index (κ2) is 7.57. The minimum absolute atomic E-state index is 0. The monoisotopic (exact) mass is 387 g/mol. The summed E-state index contributed by atoms with van der Waals surface area (Å²) in [6.07, 6.45) is 3.38. The number of hydrogen-bond acceptors (Lipinski definition) is 4. The van der Waals surface area contributed by atoms with Gasteiger partial charge in [0.15, 0.2) is 0 Å². The van der Waals surface area contributed by atoms with Crippen molar-refractivity contribution in [1.29, 1.82) is 0 Å². The fourth-order valence-electron chi connectivity index (χ4n) is 5.03. The molecule has 5 heteroatoms. The number of nitrogens with zero attached hydrogens (tertiary/aromatic N) is 1. The summed E-state index contributed by atoms with van der Waals surface area (Å²) in [7, 11) is 0. The Labute approximate surface area is 169 Å². The van der Waals surface area contributed by atoms with Crippen LogP contribution in [-0.4, -0.2) is 45.8 Å². The predicted octanol–water partition coefficient (Wildman–Crippen LogP) is 3.99. The topological polar surface area (TPSA) is 81.0 Å². The zero-order chi connectivity index (χ0) is 19.7. The number of aromatic hydroxyl groups is 1. The van der Waals surface area contributed by atoms with Crippen molar-refractivity contribution in [2.75, 3.05) is 19.6 Å². The van der Waals surface area contributed by atoms with Crippen molar-refractivity contribution in [2.45, 2.75) is 31.3 Å². The zero-order valence-corrected chi connectivity index (χ0v) is 15.9. The van der Waals surface area contributed by atoms with E-state index in [1.54, 1.807) is 6.07 Å². The number of carboxylic acids is 1. The molecule has 0 aromatic heterocycles. The number of phenols is 1. The van der Waals surface area contributed by atoms with Gasteiger partial charge >= 0.3 is 5.97 Å². The van der Waals surface area contributed by atoms with Crippen LogP contribution in [-0.2, 0) is 12.0 Å². The Kier molecular flexibility index (Phi) is 5.13. The molecule has 0 amide bonds. The lowest BCUT2D eigenvalue weighted by molar-refractivity contribution is -0.106. The summed E-state index contributed by atoms with van der Waals surface area (Å²) >= 11 is 0. The average Bonchev–Trinajstić information content (AvgIpc) is 2.73. The Hall–Kier alpha value is -2.37. The van der Waals surface area contributed by atoms with Gasteiger partial charge in [0.05, 0.1) is 5.60 Å². The van der Waals surface area contributed by atoms with Gasteiger partial charge in [-0.15, -0.1) is 0 Å². The highest BCUT2D eigenvalue weighted by Gasteiger charge is 2.47. The largest absolute Gasteiger partial charge is 0.507 e. The number of aryl methyl sites for hydroxylation is 1. The first kappa shape index (κ1) is 19.0. The molecule has 0 spiro atoms. The first-order valence-electron chi connectivity index (χ1n) is 10.0. The molecule has 3 N–H and O–H groups in total. The molecule has 154 valence electrons. The SMILES string of the molecule is O=C(O)c1ccc(CCC(O)(c2ccccc2)C2CN3CCC2CC3)cc1O.[HH].[HH].[HH]. The summed E-state index contributed by atoms with van der Waals surface area (Å²) in [5.74, 6) is -0.657. The molecular formula is C23H33NO4. The summed E-state index contributed by atoms with van der Waals surface area (Å²) in [6, 6.07) is 14.6. The summed E-state index contributed by atoms with van der Waals surface area (Å²) in [5.41, 5.74) is 0.740. The summed E-state index contributed by atoms with van der Waals surface area (Å²) in [4.78, 5) is 13.6. The van der Waals surface area contributed by atoms with E-state index >= 15 is 0 Å². The maximum absolute atomic E-state index is 11.9. The first-order chi connectivity index (χ1) is 13.5. The lowest BCUT2D eigenvalue weighted by Crippen LogP contribution is -2.55. The van der Waals surface area contributed by atoms with E-state index in [1.807, 2.05) is 30.3 Å². The maximum Gasteiger partial charge on any atom is 0.339 e. The van der Waals surface area contributed by atoms with Crippen molar-refractivity contribution in [3.8, 4) is 5.75 Å². The van der Waals surface area contributed by atoms with Crippen molar-refractivity contribution in [2.24, 2.45) is 11.8 Å². The van der Waals surface area contributed by atoms with Gasteiger partial charge in [0.1, 0.15) is 11.3 Å². The van der Waals surface area contributed by atoms with Crippen LogP contribution in [0.2, 0.25) is 0 Å². The number of piperidine rings is 3. The van der Waals surface area contributed by atoms with E-state index in [-0.39, 0.29) is 21.5 Å². The smallest absolute Gasteiger partial charge is 0.339 e. The van der Waals surface area contributed by atoms with Crippen LogP contribution in [0.25, 0.3) is 0 Å². The molecule has 3 heterocycles. The van der Waals surface area contributed by atoms with Gasteiger partial charge in [-0.2, -0.15) is 0 Å². The molecule has 3 aliphatic rings. The molecule has 2 unspecified atom stereocenters. The average molecular weight is 388 g/mol. The van der Waals surface area contributed by atoms with Crippen molar-refractivity contribution in [3.63, 3.8) is 0 Å². The van der Waals surface area contributed by atoms with Crippen molar-refractivity contribution < 1.29 is 24.4 Å². The van der Waals surface area contributed by atoms with E-state index in [0.29, 0.717) is 18.8 Å². The molecular weight excluding hydrogens is 354 g/mol. The minimum Gasteiger partial charge on any atom is -0.507 e. The van der Waals surface area contributed by atoms with E-state index in [2.05, 4.69) is 4.90 Å². The third-order valence-electron chi connectivity index (χ3n) is 6.63. The summed E-state index contributed by atoms with van der Waals surface area (Å²) in [6.45, 7) is 3.16. The van der Waals surface area contributed by atoms with Gasteiger partial charge in [0.25, 0.3) is 0 Å². The number of carbonyl (C=O) groups is 1. The van der Waals surface area contributed by atoms with Gasteiger partial charge < -0.3 is 20.2 Å². The molecule has 0 saturated carbocycles. The number of hydrogen-bond donors (Lipinski definition) is 3. The lowest BCUT2D eigenvalue weighted by Gasteiger charge is -2.51. The molecule has 2 aromatic rings. The van der Waals surface area contributed by atoms with Crippen molar-refractivity contribution >= 4 is 5.97 Å². The van der Waals surface area contributed by atoms with E-state index in [9.17, 15) is 15.0 Å². The maximum atomic E-state index is 11.9. The Morgan fingerprint density at radius 1 is 1.14 bits per heavy atom. The first-order valence-corrected chi connectivity index (χ1v) is 10.0. The van der Waals surface area contributed by atoms with Gasteiger partial charge in [0, 0.05) is 16.7 Å². The third-order valence-corrected chi connectivity index (χ3v) is 6.63. The third kappa shape index (κ3) is 3.52.